The fourth-order valence-corrected chi connectivity index (χ4v) is 6.55. The van der Waals surface area contributed by atoms with Crippen molar-refractivity contribution in [2.45, 2.75) is 68.6 Å². The van der Waals surface area contributed by atoms with Crippen LogP contribution in [-0.4, -0.2) is 47.0 Å². The Labute approximate surface area is 228 Å². The van der Waals surface area contributed by atoms with E-state index in [1.165, 1.54) is 36.3 Å². The fraction of sp³-hybridized carbons (Fsp3) is 0.467. The highest BCUT2D eigenvalue weighted by atomic mass is 32.1. The Hall–Kier alpha value is -2.78. The van der Waals surface area contributed by atoms with Crippen molar-refractivity contribution in [3.63, 3.8) is 0 Å². The van der Waals surface area contributed by atoms with Crippen LogP contribution in [0.1, 0.15) is 67.2 Å². The Balaban J connectivity index is 0.000000257. The Morgan fingerprint density at radius 3 is 2.58 bits per heavy atom. The Kier molecular flexibility index (Phi) is 9.91. The number of carboxylic acid groups (broad SMARTS) is 1. The molecular formula is C30H38N2O5S. The van der Waals surface area contributed by atoms with Gasteiger partial charge in [-0.15, -0.1) is 11.3 Å². The maximum absolute atomic E-state index is 10.2. The average molecular weight is 539 g/mol. The van der Waals surface area contributed by atoms with Crippen molar-refractivity contribution < 1.29 is 24.5 Å². The number of hydrogen-bond acceptors (Lipinski definition) is 7. The van der Waals surface area contributed by atoms with Gasteiger partial charge in [-0.2, -0.15) is 0 Å². The van der Waals surface area contributed by atoms with Crippen LogP contribution in [0.5, 0.6) is 5.75 Å². The van der Waals surface area contributed by atoms with Crippen molar-refractivity contribution in [2.24, 2.45) is 0 Å². The third-order valence-corrected chi connectivity index (χ3v) is 8.61. The number of hydrogen-bond donors (Lipinski definition) is 3. The number of rotatable bonds is 9. The number of carboxylic acids is 1. The molecule has 5 rings (SSSR count). The maximum atomic E-state index is 10.2. The standard InChI is InChI=1S/C22H30N2O2S.C8H8O3/c1-25-18-7-15-27-19(18)16-23-13-10-21(20-6-2-5-12-24-20)11-14-26-22(17-21)8-3-4-9-22;9-7(8(10)11)6-4-2-1-3-5-6/h2,5-7,12,15,23H,3-4,8-11,13-14,16-17H2,1H3;1-5,7,9H,(H,10,11)/t21-;/m1./s1. The number of thiophene rings is 1. The molecule has 0 bridgehead atoms. The summed E-state index contributed by atoms with van der Waals surface area (Å²) in [5, 5.41) is 23.1. The van der Waals surface area contributed by atoms with Crippen LogP contribution in [0.25, 0.3) is 0 Å². The number of aliphatic hydroxyl groups is 1. The van der Waals surface area contributed by atoms with E-state index in [-0.39, 0.29) is 11.0 Å². The molecule has 0 radical (unpaired) electrons. The second-order valence-corrected chi connectivity index (χ2v) is 11.2. The number of ether oxygens (including phenoxy) is 2. The molecule has 3 heterocycles. The smallest absolute Gasteiger partial charge is 0.337 e. The minimum atomic E-state index is -1.41. The number of nitrogens with zero attached hydrogens (tertiary/aromatic N) is 1. The number of aliphatic carboxylic acids is 1. The molecule has 8 heteroatoms. The molecule has 0 amide bonds. The van der Waals surface area contributed by atoms with Gasteiger partial charge in [-0.1, -0.05) is 49.2 Å². The van der Waals surface area contributed by atoms with Gasteiger partial charge in [0.1, 0.15) is 5.75 Å². The van der Waals surface area contributed by atoms with Crippen LogP contribution in [0.4, 0.5) is 0 Å². The van der Waals surface area contributed by atoms with E-state index in [1.807, 2.05) is 18.3 Å². The van der Waals surface area contributed by atoms with E-state index >= 15 is 0 Å². The molecule has 1 aromatic carbocycles. The van der Waals surface area contributed by atoms with Gasteiger partial charge in [-0.3, -0.25) is 4.98 Å². The van der Waals surface area contributed by atoms with Crippen molar-refractivity contribution in [2.75, 3.05) is 20.3 Å². The molecule has 1 saturated carbocycles. The van der Waals surface area contributed by atoms with Crippen LogP contribution >= 0.6 is 11.3 Å². The van der Waals surface area contributed by atoms with Crippen LogP contribution in [0.2, 0.25) is 0 Å². The summed E-state index contributed by atoms with van der Waals surface area (Å²) in [7, 11) is 1.74. The minimum Gasteiger partial charge on any atom is -0.496 e. The first kappa shape index (κ1) is 28.2. The molecule has 2 aromatic heterocycles. The van der Waals surface area contributed by atoms with Crippen LogP contribution in [-0.2, 0) is 21.5 Å². The zero-order chi connectivity index (χ0) is 26.8. The van der Waals surface area contributed by atoms with Crippen molar-refractivity contribution in [1.82, 2.24) is 10.3 Å². The second kappa shape index (κ2) is 13.3. The lowest BCUT2D eigenvalue weighted by Gasteiger charge is -2.46. The Morgan fingerprint density at radius 2 is 1.89 bits per heavy atom. The molecule has 1 spiro atoms. The monoisotopic (exact) mass is 538 g/mol. The van der Waals surface area contributed by atoms with E-state index in [0.717, 1.165) is 44.7 Å². The molecule has 2 atom stereocenters. The van der Waals surface area contributed by atoms with E-state index in [1.54, 1.807) is 48.8 Å². The summed E-state index contributed by atoms with van der Waals surface area (Å²) in [6, 6.07) is 16.7. The van der Waals surface area contributed by atoms with Gasteiger partial charge in [0, 0.05) is 30.5 Å². The summed E-state index contributed by atoms with van der Waals surface area (Å²) in [5.74, 6) is -0.237. The average Bonchev–Trinajstić information content (AvgIpc) is 3.61. The summed E-state index contributed by atoms with van der Waals surface area (Å²) in [6.45, 7) is 2.70. The Morgan fingerprint density at radius 1 is 1.13 bits per heavy atom. The van der Waals surface area contributed by atoms with Gasteiger partial charge in [0.15, 0.2) is 6.10 Å². The lowest BCUT2D eigenvalue weighted by Crippen LogP contribution is -2.47. The van der Waals surface area contributed by atoms with Gasteiger partial charge in [0.05, 0.1) is 17.6 Å². The molecule has 2 fully saturated rings. The normalized spacial score (nSPS) is 20.9. The molecule has 2 aliphatic rings. The number of pyridine rings is 1. The van der Waals surface area contributed by atoms with Gasteiger partial charge in [0.2, 0.25) is 0 Å². The van der Waals surface area contributed by atoms with Crippen molar-refractivity contribution in [3.05, 3.63) is 82.3 Å². The number of benzene rings is 1. The molecule has 1 aliphatic heterocycles. The zero-order valence-corrected chi connectivity index (χ0v) is 22.8. The number of carbonyl (C=O) groups is 1. The van der Waals surface area contributed by atoms with Crippen LogP contribution in [0.15, 0.2) is 66.2 Å². The first-order chi connectivity index (χ1) is 18.5. The number of nitrogens with one attached hydrogen (secondary N) is 1. The van der Waals surface area contributed by atoms with Gasteiger partial charge in [-0.05, 0) is 67.8 Å². The maximum Gasteiger partial charge on any atom is 0.337 e. The highest BCUT2D eigenvalue weighted by molar-refractivity contribution is 7.10. The SMILES string of the molecule is COc1ccsc1CNCC[C@@]1(c2ccccn2)CCOC2(CCCC2)C1.O=C(O)C(O)c1ccccc1. The summed E-state index contributed by atoms with van der Waals surface area (Å²) in [4.78, 5) is 16.3. The van der Waals surface area contributed by atoms with Crippen molar-refractivity contribution in [1.29, 1.82) is 0 Å². The van der Waals surface area contributed by atoms with E-state index in [4.69, 9.17) is 24.7 Å². The van der Waals surface area contributed by atoms with Crippen LogP contribution in [0.3, 0.4) is 0 Å². The van der Waals surface area contributed by atoms with Crippen LogP contribution < -0.4 is 10.1 Å². The highest BCUT2D eigenvalue weighted by Gasteiger charge is 2.48. The molecule has 38 heavy (non-hydrogen) atoms. The lowest BCUT2D eigenvalue weighted by molar-refractivity contribution is -0.146. The summed E-state index contributed by atoms with van der Waals surface area (Å²) < 4.78 is 11.8. The predicted molar refractivity (Wildman–Crippen MR) is 149 cm³/mol. The number of methoxy groups -OCH3 is 1. The van der Waals surface area contributed by atoms with E-state index in [2.05, 4.69) is 22.8 Å². The van der Waals surface area contributed by atoms with Crippen molar-refractivity contribution >= 4 is 17.3 Å². The first-order valence-corrected chi connectivity index (χ1v) is 14.2. The minimum absolute atomic E-state index is 0.0900. The fourth-order valence-electron chi connectivity index (χ4n) is 5.74. The molecule has 1 aliphatic carbocycles. The van der Waals surface area contributed by atoms with Gasteiger partial charge in [0.25, 0.3) is 0 Å². The van der Waals surface area contributed by atoms with E-state index < -0.39 is 12.1 Å². The van der Waals surface area contributed by atoms with Crippen molar-refractivity contribution in [3.8, 4) is 5.75 Å². The zero-order valence-electron chi connectivity index (χ0n) is 22.0. The molecule has 204 valence electrons. The van der Waals surface area contributed by atoms with E-state index in [0.29, 0.717) is 5.56 Å². The number of aromatic nitrogens is 1. The second-order valence-electron chi connectivity index (χ2n) is 10.2. The molecule has 3 aromatic rings. The summed E-state index contributed by atoms with van der Waals surface area (Å²) >= 11 is 1.75. The first-order valence-electron chi connectivity index (χ1n) is 13.3. The van der Waals surface area contributed by atoms with Gasteiger partial charge in [-0.25, -0.2) is 4.79 Å². The van der Waals surface area contributed by atoms with Gasteiger partial charge < -0.3 is 25.0 Å². The van der Waals surface area contributed by atoms with Gasteiger partial charge >= 0.3 is 5.97 Å². The molecule has 3 N–H and O–H groups in total. The summed E-state index contributed by atoms with van der Waals surface area (Å²) in [5.41, 5.74) is 1.86. The highest BCUT2D eigenvalue weighted by Crippen LogP contribution is 2.49. The molecule has 1 unspecified atom stereocenters. The molecule has 7 nitrogen and oxygen atoms in total. The third kappa shape index (κ3) is 6.99. The van der Waals surface area contributed by atoms with E-state index in [9.17, 15) is 4.79 Å². The number of aliphatic hydroxyl groups excluding tert-OH is 1. The molecule has 1 saturated heterocycles. The quantitative estimate of drug-likeness (QED) is 0.309. The topological polar surface area (TPSA) is 101 Å². The predicted octanol–water partition coefficient (Wildman–Crippen LogP) is 5.50. The summed E-state index contributed by atoms with van der Waals surface area (Å²) in [6.07, 6.45) is 8.83. The molecular weight excluding hydrogens is 500 g/mol. The largest absolute Gasteiger partial charge is 0.496 e. The lowest BCUT2D eigenvalue weighted by atomic mass is 9.68. The van der Waals surface area contributed by atoms with Crippen LogP contribution in [0, 0.1) is 0 Å². The third-order valence-electron chi connectivity index (χ3n) is 7.71. The Bertz CT molecular complexity index is 1130.